The second-order valence-corrected chi connectivity index (χ2v) is 4.12. The number of hydrogen-bond donors (Lipinski definition) is 0. The molecule has 8 heteroatoms. The summed E-state index contributed by atoms with van der Waals surface area (Å²) in [6.07, 6.45) is -9.43. The summed E-state index contributed by atoms with van der Waals surface area (Å²) in [6.45, 7) is 0. The van der Waals surface area contributed by atoms with Crippen LogP contribution >= 0.6 is 11.6 Å². The maximum absolute atomic E-state index is 12.5. The first-order valence-electron chi connectivity index (χ1n) is 4.84. The predicted octanol–water partition coefficient (Wildman–Crippen LogP) is 4.93. The second-order valence-electron chi connectivity index (χ2n) is 3.72. The summed E-state index contributed by atoms with van der Waals surface area (Å²) in [5.41, 5.74) is -2.86. The number of hydrogen-bond acceptors (Lipinski definition) is 1. The lowest BCUT2D eigenvalue weighted by Gasteiger charge is -2.11. The van der Waals surface area contributed by atoms with Gasteiger partial charge in [-0.05, 0) is 18.2 Å². The third-order valence-electron chi connectivity index (χ3n) is 2.38. The highest BCUT2D eigenvalue weighted by Gasteiger charge is 2.34. The number of pyridine rings is 1. The van der Waals surface area contributed by atoms with Crippen LogP contribution in [0.1, 0.15) is 11.3 Å². The smallest absolute Gasteiger partial charge is 0.243 e. The van der Waals surface area contributed by atoms with Crippen molar-refractivity contribution in [3.8, 4) is 0 Å². The fourth-order valence-electron chi connectivity index (χ4n) is 1.51. The fourth-order valence-corrected chi connectivity index (χ4v) is 1.77. The van der Waals surface area contributed by atoms with E-state index in [9.17, 15) is 26.3 Å². The van der Waals surface area contributed by atoms with Crippen LogP contribution in [0.2, 0.25) is 5.02 Å². The zero-order valence-electron chi connectivity index (χ0n) is 8.90. The van der Waals surface area contributed by atoms with Gasteiger partial charge in [0.15, 0.2) is 0 Å². The van der Waals surface area contributed by atoms with Crippen molar-refractivity contribution in [3.05, 3.63) is 40.5 Å². The first-order chi connectivity index (χ1) is 8.59. The lowest BCUT2D eigenvalue weighted by atomic mass is 10.1. The van der Waals surface area contributed by atoms with Crippen molar-refractivity contribution in [2.24, 2.45) is 0 Å². The molecule has 0 spiro atoms. The van der Waals surface area contributed by atoms with E-state index >= 15 is 0 Å². The number of benzene rings is 1. The summed E-state index contributed by atoms with van der Waals surface area (Å²) in [5.74, 6) is 0. The summed E-state index contributed by atoms with van der Waals surface area (Å²) < 4.78 is 74.9. The first-order valence-corrected chi connectivity index (χ1v) is 5.21. The van der Waals surface area contributed by atoms with E-state index < -0.39 is 29.1 Å². The molecule has 0 saturated heterocycles. The van der Waals surface area contributed by atoms with E-state index in [0.29, 0.717) is 12.1 Å². The maximum atomic E-state index is 12.5. The topological polar surface area (TPSA) is 12.9 Å². The number of halogens is 7. The normalized spacial score (nSPS) is 13.0. The monoisotopic (exact) mass is 299 g/mol. The molecule has 0 saturated carbocycles. The van der Waals surface area contributed by atoms with Crippen molar-refractivity contribution in [1.82, 2.24) is 4.98 Å². The first kappa shape index (κ1) is 13.9. The molecule has 0 aliphatic heterocycles. The van der Waals surface area contributed by atoms with E-state index in [1.54, 1.807) is 0 Å². The number of rotatable bonds is 0. The Morgan fingerprint density at radius 3 is 2.05 bits per heavy atom. The average molecular weight is 300 g/mol. The standard InChI is InChI=1S/C11H4ClF6N/c12-7-4-9(11(16,17)18)19-8-3-5(10(13,14)15)1-2-6(7)8/h1-4H. The Morgan fingerprint density at radius 2 is 1.53 bits per heavy atom. The molecule has 0 aliphatic carbocycles. The van der Waals surface area contributed by atoms with Crippen LogP contribution in [0.5, 0.6) is 0 Å². The van der Waals surface area contributed by atoms with E-state index in [0.717, 1.165) is 12.1 Å². The van der Waals surface area contributed by atoms with Crippen LogP contribution in [-0.2, 0) is 12.4 Å². The Bertz CT molecular complexity index is 626. The third kappa shape index (κ3) is 2.75. The lowest BCUT2D eigenvalue weighted by Crippen LogP contribution is -2.09. The Morgan fingerprint density at radius 1 is 0.895 bits per heavy atom. The summed E-state index contributed by atoms with van der Waals surface area (Å²) in [4.78, 5) is 3.17. The molecule has 2 aromatic rings. The zero-order valence-corrected chi connectivity index (χ0v) is 9.66. The zero-order chi connectivity index (χ0) is 14.4. The van der Waals surface area contributed by atoms with Crippen LogP contribution in [0.4, 0.5) is 26.3 Å². The van der Waals surface area contributed by atoms with Crippen molar-refractivity contribution in [2.45, 2.75) is 12.4 Å². The van der Waals surface area contributed by atoms with Crippen LogP contribution in [0, 0.1) is 0 Å². The fraction of sp³-hybridized carbons (Fsp3) is 0.182. The van der Waals surface area contributed by atoms with E-state index in [1.165, 1.54) is 0 Å². The van der Waals surface area contributed by atoms with Crippen molar-refractivity contribution >= 4 is 22.5 Å². The largest absolute Gasteiger partial charge is 0.433 e. The molecule has 0 atom stereocenters. The predicted molar refractivity (Wildman–Crippen MR) is 56.8 cm³/mol. The van der Waals surface area contributed by atoms with E-state index in [4.69, 9.17) is 11.6 Å². The average Bonchev–Trinajstić information content (AvgIpc) is 2.25. The van der Waals surface area contributed by atoms with Gasteiger partial charge in [0.1, 0.15) is 5.69 Å². The molecule has 1 nitrogen and oxygen atoms in total. The van der Waals surface area contributed by atoms with Crippen LogP contribution in [-0.4, -0.2) is 4.98 Å². The van der Waals surface area contributed by atoms with Gasteiger partial charge < -0.3 is 0 Å². The molecule has 1 heterocycles. The van der Waals surface area contributed by atoms with Gasteiger partial charge in [-0.3, -0.25) is 0 Å². The van der Waals surface area contributed by atoms with Crippen molar-refractivity contribution < 1.29 is 26.3 Å². The van der Waals surface area contributed by atoms with Gasteiger partial charge in [0.05, 0.1) is 16.1 Å². The SMILES string of the molecule is FC(F)(F)c1ccc2c(Cl)cc(C(F)(F)F)nc2c1. The van der Waals surface area contributed by atoms with Crippen LogP contribution in [0.3, 0.4) is 0 Å². The van der Waals surface area contributed by atoms with Gasteiger partial charge in [-0.15, -0.1) is 0 Å². The molecule has 0 radical (unpaired) electrons. The van der Waals surface area contributed by atoms with E-state index in [1.807, 2.05) is 0 Å². The Kier molecular flexibility index (Phi) is 3.12. The van der Waals surface area contributed by atoms with Gasteiger partial charge in [-0.1, -0.05) is 17.7 Å². The van der Waals surface area contributed by atoms with E-state index in [-0.39, 0.29) is 10.4 Å². The molecule has 1 aromatic heterocycles. The maximum Gasteiger partial charge on any atom is 0.433 e. The minimum atomic E-state index is -4.77. The highest BCUT2D eigenvalue weighted by atomic mass is 35.5. The summed E-state index contributed by atoms with van der Waals surface area (Å²) in [6, 6.07) is 2.85. The highest BCUT2D eigenvalue weighted by Crippen LogP contribution is 2.35. The summed E-state index contributed by atoms with van der Waals surface area (Å²) >= 11 is 5.61. The molecule has 102 valence electrons. The number of nitrogens with zero attached hydrogens (tertiary/aromatic N) is 1. The number of fused-ring (bicyclic) bond motifs is 1. The van der Waals surface area contributed by atoms with Gasteiger partial charge in [-0.2, -0.15) is 26.3 Å². The van der Waals surface area contributed by atoms with Crippen LogP contribution in [0.25, 0.3) is 10.9 Å². The molecule has 0 bridgehead atoms. The lowest BCUT2D eigenvalue weighted by molar-refractivity contribution is -0.141. The van der Waals surface area contributed by atoms with Gasteiger partial charge >= 0.3 is 12.4 Å². The Balaban J connectivity index is 2.70. The number of aromatic nitrogens is 1. The van der Waals surface area contributed by atoms with Crippen molar-refractivity contribution in [2.75, 3.05) is 0 Å². The van der Waals surface area contributed by atoms with Crippen molar-refractivity contribution in [1.29, 1.82) is 0 Å². The summed E-state index contributed by atoms with van der Waals surface area (Å²) in [7, 11) is 0. The molecule has 0 unspecified atom stereocenters. The third-order valence-corrected chi connectivity index (χ3v) is 2.69. The van der Waals surface area contributed by atoms with Crippen molar-refractivity contribution in [3.63, 3.8) is 0 Å². The molecule has 0 N–H and O–H groups in total. The molecule has 0 fully saturated rings. The van der Waals surface area contributed by atoms with Gasteiger partial charge in [0, 0.05) is 5.39 Å². The molecule has 0 aliphatic rings. The number of alkyl halides is 6. The van der Waals surface area contributed by atoms with Gasteiger partial charge in [-0.25, -0.2) is 4.98 Å². The van der Waals surface area contributed by atoms with Crippen LogP contribution in [0.15, 0.2) is 24.3 Å². The molecule has 19 heavy (non-hydrogen) atoms. The molecule has 0 amide bonds. The summed E-state index contributed by atoms with van der Waals surface area (Å²) in [5, 5.41) is -0.270. The molecule has 2 rings (SSSR count). The van der Waals surface area contributed by atoms with Gasteiger partial charge in [0.25, 0.3) is 0 Å². The highest BCUT2D eigenvalue weighted by molar-refractivity contribution is 6.35. The molecule has 1 aromatic carbocycles. The minimum Gasteiger partial charge on any atom is -0.243 e. The minimum absolute atomic E-state index is 0.0302. The molecular weight excluding hydrogens is 296 g/mol. The quantitative estimate of drug-likeness (QED) is 0.629. The van der Waals surface area contributed by atoms with E-state index in [2.05, 4.69) is 4.98 Å². The molecular formula is C11H4ClF6N. The second kappa shape index (κ2) is 4.26. The van der Waals surface area contributed by atoms with Gasteiger partial charge in [0.2, 0.25) is 0 Å². The van der Waals surface area contributed by atoms with Crippen LogP contribution < -0.4 is 0 Å². The Hall–Kier alpha value is -1.50. The Labute approximate surface area is 107 Å².